The van der Waals surface area contributed by atoms with E-state index in [0.29, 0.717) is 18.5 Å². The molecule has 1 atom stereocenters. The molecule has 0 radical (unpaired) electrons. The van der Waals surface area contributed by atoms with Crippen molar-refractivity contribution in [2.45, 2.75) is 19.5 Å². The number of hydrogen-bond donors (Lipinski definition) is 1. The lowest BCUT2D eigenvalue weighted by Crippen LogP contribution is -2.13. The second-order valence-electron chi connectivity index (χ2n) is 3.74. The van der Waals surface area contributed by atoms with E-state index in [1.54, 1.807) is 6.07 Å². The Morgan fingerprint density at radius 1 is 1.33 bits per heavy atom. The third kappa shape index (κ3) is 3.55. The van der Waals surface area contributed by atoms with Crippen LogP contribution in [-0.2, 0) is 12.6 Å². The SMILES string of the molecule is CC(CN)Cc1cccc(C(F)(F)F)c1. The first kappa shape index (κ1) is 12.0. The molecule has 0 amide bonds. The molecule has 4 heteroatoms. The van der Waals surface area contributed by atoms with Crippen LogP contribution in [0.15, 0.2) is 24.3 Å². The lowest BCUT2D eigenvalue weighted by atomic mass is 9.99. The van der Waals surface area contributed by atoms with Gasteiger partial charge in [-0.25, -0.2) is 0 Å². The Morgan fingerprint density at radius 3 is 2.53 bits per heavy atom. The van der Waals surface area contributed by atoms with Gasteiger partial charge in [0, 0.05) is 0 Å². The second kappa shape index (κ2) is 4.66. The zero-order valence-corrected chi connectivity index (χ0v) is 8.51. The predicted octanol–water partition coefficient (Wildman–Crippen LogP) is 2.84. The lowest BCUT2D eigenvalue weighted by molar-refractivity contribution is -0.137. The molecule has 1 aromatic carbocycles. The molecular weight excluding hydrogens is 203 g/mol. The van der Waals surface area contributed by atoms with E-state index in [-0.39, 0.29) is 5.92 Å². The number of nitrogens with two attached hydrogens (primary N) is 1. The summed E-state index contributed by atoms with van der Waals surface area (Å²) in [5, 5.41) is 0. The first-order valence-electron chi connectivity index (χ1n) is 4.79. The monoisotopic (exact) mass is 217 g/mol. The lowest BCUT2D eigenvalue weighted by Gasteiger charge is -2.11. The molecule has 0 saturated heterocycles. The van der Waals surface area contributed by atoms with Gasteiger partial charge in [0.1, 0.15) is 0 Å². The minimum Gasteiger partial charge on any atom is -0.330 e. The van der Waals surface area contributed by atoms with Crippen LogP contribution in [0, 0.1) is 5.92 Å². The first-order chi connectivity index (χ1) is 6.93. The number of hydrogen-bond acceptors (Lipinski definition) is 1. The quantitative estimate of drug-likeness (QED) is 0.827. The van der Waals surface area contributed by atoms with Crippen molar-refractivity contribution in [3.8, 4) is 0 Å². The number of rotatable bonds is 3. The van der Waals surface area contributed by atoms with E-state index in [0.717, 1.165) is 6.07 Å². The van der Waals surface area contributed by atoms with Crippen molar-refractivity contribution >= 4 is 0 Å². The average Bonchev–Trinajstić information content (AvgIpc) is 2.17. The van der Waals surface area contributed by atoms with E-state index in [1.807, 2.05) is 6.92 Å². The first-order valence-corrected chi connectivity index (χ1v) is 4.79. The fourth-order valence-corrected chi connectivity index (χ4v) is 1.36. The molecule has 1 rings (SSSR count). The molecule has 84 valence electrons. The Labute approximate surface area is 87.1 Å². The van der Waals surface area contributed by atoms with Gasteiger partial charge in [0.05, 0.1) is 5.56 Å². The highest BCUT2D eigenvalue weighted by atomic mass is 19.4. The molecule has 15 heavy (non-hydrogen) atoms. The summed E-state index contributed by atoms with van der Waals surface area (Å²) in [6, 6.07) is 5.39. The second-order valence-corrected chi connectivity index (χ2v) is 3.74. The average molecular weight is 217 g/mol. The molecule has 0 aliphatic carbocycles. The third-order valence-corrected chi connectivity index (χ3v) is 2.24. The van der Waals surface area contributed by atoms with Crippen LogP contribution in [0.5, 0.6) is 0 Å². The highest BCUT2D eigenvalue weighted by Gasteiger charge is 2.30. The zero-order valence-electron chi connectivity index (χ0n) is 8.51. The van der Waals surface area contributed by atoms with E-state index in [4.69, 9.17) is 5.73 Å². The topological polar surface area (TPSA) is 26.0 Å². The van der Waals surface area contributed by atoms with Crippen molar-refractivity contribution in [1.29, 1.82) is 0 Å². The van der Waals surface area contributed by atoms with Crippen LogP contribution in [0.3, 0.4) is 0 Å². The van der Waals surface area contributed by atoms with E-state index < -0.39 is 11.7 Å². The van der Waals surface area contributed by atoms with Gasteiger partial charge in [-0.3, -0.25) is 0 Å². The van der Waals surface area contributed by atoms with Gasteiger partial charge in [-0.2, -0.15) is 13.2 Å². The largest absolute Gasteiger partial charge is 0.416 e. The van der Waals surface area contributed by atoms with Crippen LogP contribution in [0.4, 0.5) is 13.2 Å². The molecule has 0 bridgehead atoms. The summed E-state index contributed by atoms with van der Waals surface area (Å²) in [6.45, 7) is 2.40. The standard InChI is InChI=1S/C11H14F3N/c1-8(7-15)5-9-3-2-4-10(6-9)11(12,13)14/h2-4,6,8H,5,7,15H2,1H3. The van der Waals surface area contributed by atoms with Crippen molar-refractivity contribution in [2.75, 3.05) is 6.54 Å². The molecule has 0 aliphatic rings. The van der Waals surface area contributed by atoms with E-state index in [9.17, 15) is 13.2 Å². The fourth-order valence-electron chi connectivity index (χ4n) is 1.36. The molecule has 0 fully saturated rings. The van der Waals surface area contributed by atoms with Gasteiger partial charge >= 0.3 is 6.18 Å². The summed E-state index contributed by atoms with van der Waals surface area (Å²) in [7, 11) is 0. The highest BCUT2D eigenvalue weighted by molar-refractivity contribution is 5.25. The molecule has 0 aliphatic heterocycles. The number of benzene rings is 1. The van der Waals surface area contributed by atoms with E-state index in [1.165, 1.54) is 12.1 Å². The Kier molecular flexibility index (Phi) is 3.74. The van der Waals surface area contributed by atoms with Crippen LogP contribution in [0.25, 0.3) is 0 Å². The van der Waals surface area contributed by atoms with E-state index in [2.05, 4.69) is 0 Å². The summed E-state index contributed by atoms with van der Waals surface area (Å²) in [5.74, 6) is 0.202. The summed E-state index contributed by atoms with van der Waals surface area (Å²) in [4.78, 5) is 0. The molecule has 1 aromatic rings. The van der Waals surface area contributed by atoms with Crippen molar-refractivity contribution in [3.63, 3.8) is 0 Å². The van der Waals surface area contributed by atoms with Crippen molar-refractivity contribution in [1.82, 2.24) is 0 Å². The maximum absolute atomic E-state index is 12.4. The molecule has 0 spiro atoms. The molecule has 0 saturated carbocycles. The van der Waals surface area contributed by atoms with Gasteiger partial charge in [0.15, 0.2) is 0 Å². The summed E-state index contributed by atoms with van der Waals surface area (Å²) in [6.07, 6.45) is -3.68. The molecule has 1 unspecified atom stereocenters. The molecule has 0 heterocycles. The Bertz CT molecular complexity index is 320. The Morgan fingerprint density at radius 2 is 2.00 bits per heavy atom. The smallest absolute Gasteiger partial charge is 0.330 e. The Balaban J connectivity index is 2.84. The summed E-state index contributed by atoms with van der Waals surface area (Å²) < 4.78 is 37.1. The highest BCUT2D eigenvalue weighted by Crippen LogP contribution is 2.29. The van der Waals surface area contributed by atoms with E-state index >= 15 is 0 Å². The van der Waals surface area contributed by atoms with Gasteiger partial charge in [0.25, 0.3) is 0 Å². The number of halogens is 3. The van der Waals surface area contributed by atoms with Gasteiger partial charge in [-0.15, -0.1) is 0 Å². The van der Waals surface area contributed by atoms with Crippen LogP contribution >= 0.6 is 0 Å². The minimum atomic E-state index is -4.26. The minimum absolute atomic E-state index is 0.202. The zero-order chi connectivity index (χ0) is 11.5. The summed E-state index contributed by atoms with van der Waals surface area (Å²) >= 11 is 0. The molecule has 1 nitrogen and oxygen atoms in total. The summed E-state index contributed by atoms with van der Waals surface area (Å²) in [5.41, 5.74) is 5.51. The van der Waals surface area contributed by atoms with Gasteiger partial charge < -0.3 is 5.73 Å². The molecule has 0 aromatic heterocycles. The van der Waals surface area contributed by atoms with Gasteiger partial charge in [-0.05, 0) is 30.5 Å². The Hall–Kier alpha value is -1.03. The van der Waals surface area contributed by atoms with Crippen molar-refractivity contribution < 1.29 is 13.2 Å². The van der Waals surface area contributed by atoms with Gasteiger partial charge in [-0.1, -0.05) is 25.1 Å². The maximum atomic E-state index is 12.4. The van der Waals surface area contributed by atoms with Crippen molar-refractivity contribution in [3.05, 3.63) is 35.4 Å². The number of alkyl halides is 3. The van der Waals surface area contributed by atoms with Crippen LogP contribution in [0.2, 0.25) is 0 Å². The molecule has 2 N–H and O–H groups in total. The maximum Gasteiger partial charge on any atom is 0.416 e. The van der Waals surface area contributed by atoms with Crippen LogP contribution in [-0.4, -0.2) is 6.54 Å². The predicted molar refractivity (Wildman–Crippen MR) is 53.4 cm³/mol. The fraction of sp³-hybridized carbons (Fsp3) is 0.455. The molecular formula is C11H14F3N. The van der Waals surface area contributed by atoms with Crippen LogP contribution < -0.4 is 5.73 Å². The third-order valence-electron chi connectivity index (χ3n) is 2.24. The van der Waals surface area contributed by atoms with Gasteiger partial charge in [0.2, 0.25) is 0 Å². The normalized spacial score (nSPS) is 13.9. The van der Waals surface area contributed by atoms with Crippen molar-refractivity contribution in [2.24, 2.45) is 11.7 Å². The van der Waals surface area contributed by atoms with Crippen LogP contribution in [0.1, 0.15) is 18.1 Å².